The van der Waals surface area contributed by atoms with Gasteiger partial charge in [-0.25, -0.2) is 8.42 Å². The van der Waals surface area contributed by atoms with Gasteiger partial charge in [0.1, 0.15) is 5.00 Å². The van der Waals surface area contributed by atoms with Gasteiger partial charge >= 0.3 is 0 Å². The third-order valence-electron chi connectivity index (χ3n) is 6.41. The molecule has 0 saturated carbocycles. The van der Waals surface area contributed by atoms with Crippen LogP contribution in [-0.2, 0) is 27.8 Å². The van der Waals surface area contributed by atoms with E-state index in [0.29, 0.717) is 43.2 Å². The maximum atomic E-state index is 13.4. The van der Waals surface area contributed by atoms with Crippen LogP contribution in [0.15, 0.2) is 54.5 Å². The van der Waals surface area contributed by atoms with E-state index in [2.05, 4.69) is 18.5 Å². The molecule has 38 heavy (non-hydrogen) atoms. The van der Waals surface area contributed by atoms with Crippen molar-refractivity contribution >= 4 is 44.1 Å². The standard InChI is InChI=1S/C27H34N4O5S2/c1-6-15-31(16-7-2)38(35,36)21-12-10-20(11-13-21)25(33)28-26-24(27(34)29(8-3)9-4)22-14-17-30(19(5)32)18-23(22)37-26/h6-7,10-13H,1-2,8-9,14-18H2,3-5H3,(H,28,33). The molecule has 11 heteroatoms. The van der Waals surface area contributed by atoms with Crippen molar-refractivity contribution in [3.63, 3.8) is 0 Å². The number of fused-ring (bicyclic) bond motifs is 1. The Morgan fingerprint density at radius 1 is 1.08 bits per heavy atom. The Balaban J connectivity index is 1.92. The lowest BCUT2D eigenvalue weighted by Crippen LogP contribution is -2.35. The third kappa shape index (κ3) is 6.06. The highest BCUT2D eigenvalue weighted by Gasteiger charge is 2.31. The summed E-state index contributed by atoms with van der Waals surface area (Å²) in [6, 6.07) is 5.66. The zero-order valence-electron chi connectivity index (χ0n) is 22.0. The molecule has 1 aromatic carbocycles. The molecule has 0 aliphatic carbocycles. The minimum Gasteiger partial charge on any atom is -0.339 e. The number of hydrogen-bond donors (Lipinski definition) is 1. The first-order chi connectivity index (χ1) is 18.1. The predicted octanol–water partition coefficient (Wildman–Crippen LogP) is 3.75. The molecule has 1 N–H and O–H groups in total. The maximum Gasteiger partial charge on any atom is 0.257 e. The summed E-state index contributed by atoms with van der Waals surface area (Å²) in [4.78, 5) is 42.9. The first-order valence-corrected chi connectivity index (χ1v) is 14.7. The van der Waals surface area contributed by atoms with E-state index < -0.39 is 15.9 Å². The molecule has 1 aromatic heterocycles. The summed E-state index contributed by atoms with van der Waals surface area (Å²) in [5, 5.41) is 3.31. The largest absolute Gasteiger partial charge is 0.339 e. The first-order valence-electron chi connectivity index (χ1n) is 12.4. The quantitative estimate of drug-likeness (QED) is 0.423. The SMILES string of the molecule is C=CCN(CC=C)S(=O)(=O)c1ccc(C(=O)Nc2sc3c(c2C(=O)N(CC)CC)CCN(C(C)=O)C3)cc1. The van der Waals surface area contributed by atoms with Crippen LogP contribution in [0, 0.1) is 0 Å². The van der Waals surface area contributed by atoms with Crippen molar-refractivity contribution in [2.75, 3.05) is 38.0 Å². The highest BCUT2D eigenvalue weighted by Crippen LogP contribution is 2.38. The fraction of sp³-hybridized carbons (Fsp3) is 0.370. The fourth-order valence-corrected chi connectivity index (χ4v) is 6.95. The van der Waals surface area contributed by atoms with Gasteiger partial charge in [-0.3, -0.25) is 14.4 Å². The van der Waals surface area contributed by atoms with Crippen LogP contribution in [0.3, 0.4) is 0 Å². The maximum absolute atomic E-state index is 13.4. The van der Waals surface area contributed by atoms with Crippen LogP contribution in [0.2, 0.25) is 0 Å². The van der Waals surface area contributed by atoms with Gasteiger partial charge < -0.3 is 15.1 Å². The van der Waals surface area contributed by atoms with Gasteiger partial charge in [-0.15, -0.1) is 24.5 Å². The molecule has 1 aliphatic rings. The fourth-order valence-electron chi connectivity index (χ4n) is 4.32. The molecular weight excluding hydrogens is 524 g/mol. The Morgan fingerprint density at radius 2 is 1.68 bits per heavy atom. The third-order valence-corrected chi connectivity index (χ3v) is 9.39. The number of carbonyl (C=O) groups is 3. The molecule has 0 unspecified atom stereocenters. The van der Waals surface area contributed by atoms with Crippen LogP contribution in [0.1, 0.15) is 51.9 Å². The van der Waals surface area contributed by atoms with E-state index in [4.69, 9.17) is 0 Å². The summed E-state index contributed by atoms with van der Waals surface area (Å²) < 4.78 is 27.2. The Morgan fingerprint density at radius 3 is 2.21 bits per heavy atom. The van der Waals surface area contributed by atoms with Crippen molar-refractivity contribution in [2.45, 2.75) is 38.6 Å². The number of hydrogen-bond acceptors (Lipinski definition) is 6. The normalized spacial score (nSPS) is 13.1. The number of thiophene rings is 1. The second kappa shape index (κ2) is 12.5. The Hall–Kier alpha value is -3.28. The second-order valence-electron chi connectivity index (χ2n) is 8.75. The number of amides is 3. The molecule has 0 bridgehead atoms. The van der Waals surface area contributed by atoms with Gasteiger partial charge in [0.25, 0.3) is 11.8 Å². The smallest absolute Gasteiger partial charge is 0.257 e. The van der Waals surface area contributed by atoms with Gasteiger partial charge in [0.05, 0.1) is 17.0 Å². The lowest BCUT2D eigenvalue weighted by molar-refractivity contribution is -0.129. The topological polar surface area (TPSA) is 107 Å². The van der Waals surface area contributed by atoms with E-state index in [0.717, 1.165) is 10.4 Å². The zero-order valence-corrected chi connectivity index (χ0v) is 23.7. The summed E-state index contributed by atoms with van der Waals surface area (Å²) in [6.07, 6.45) is 3.52. The average molecular weight is 559 g/mol. The van der Waals surface area contributed by atoms with Crippen molar-refractivity contribution in [3.05, 3.63) is 71.1 Å². The molecule has 0 saturated heterocycles. The number of sulfonamides is 1. The van der Waals surface area contributed by atoms with Crippen molar-refractivity contribution in [1.82, 2.24) is 14.1 Å². The summed E-state index contributed by atoms with van der Waals surface area (Å²) >= 11 is 1.30. The first kappa shape index (κ1) is 29.3. The summed E-state index contributed by atoms with van der Waals surface area (Å²) in [5.74, 6) is -0.662. The van der Waals surface area contributed by atoms with Crippen LogP contribution in [0.4, 0.5) is 5.00 Å². The molecule has 204 valence electrons. The minimum absolute atomic E-state index is 0.0407. The van der Waals surface area contributed by atoms with E-state index >= 15 is 0 Å². The van der Waals surface area contributed by atoms with Crippen molar-refractivity contribution in [1.29, 1.82) is 0 Å². The second-order valence-corrected chi connectivity index (χ2v) is 11.8. The zero-order chi connectivity index (χ0) is 28.0. The molecule has 2 aromatic rings. The van der Waals surface area contributed by atoms with Crippen molar-refractivity contribution < 1.29 is 22.8 Å². The van der Waals surface area contributed by atoms with E-state index in [1.54, 1.807) is 9.80 Å². The van der Waals surface area contributed by atoms with E-state index in [9.17, 15) is 22.8 Å². The Bertz CT molecular complexity index is 1320. The summed E-state index contributed by atoms with van der Waals surface area (Å²) in [7, 11) is -3.80. The molecule has 0 spiro atoms. The number of carbonyl (C=O) groups excluding carboxylic acids is 3. The van der Waals surface area contributed by atoms with Gasteiger partial charge in [0.2, 0.25) is 15.9 Å². The lowest BCUT2D eigenvalue weighted by atomic mass is 10.0. The van der Waals surface area contributed by atoms with E-state index in [1.165, 1.54) is 59.0 Å². The van der Waals surface area contributed by atoms with Gasteiger partial charge in [-0.2, -0.15) is 4.31 Å². The van der Waals surface area contributed by atoms with Crippen LogP contribution in [0.25, 0.3) is 0 Å². The Kier molecular flexibility index (Phi) is 9.64. The number of nitrogens with one attached hydrogen (secondary N) is 1. The van der Waals surface area contributed by atoms with Gasteiger partial charge in [0, 0.05) is 50.1 Å². The molecule has 0 atom stereocenters. The van der Waals surface area contributed by atoms with Gasteiger partial charge in [-0.05, 0) is 50.1 Å². The van der Waals surface area contributed by atoms with Gasteiger partial charge in [0.15, 0.2) is 0 Å². The number of anilines is 1. The Labute approximate surface area is 228 Å². The van der Waals surface area contributed by atoms with E-state index in [1.807, 2.05) is 13.8 Å². The van der Waals surface area contributed by atoms with E-state index in [-0.39, 0.29) is 35.4 Å². The van der Waals surface area contributed by atoms with Crippen LogP contribution >= 0.6 is 11.3 Å². The predicted molar refractivity (Wildman–Crippen MR) is 150 cm³/mol. The number of rotatable bonds is 11. The van der Waals surface area contributed by atoms with Crippen LogP contribution in [-0.4, -0.2) is 73.0 Å². The highest BCUT2D eigenvalue weighted by atomic mass is 32.2. The number of nitrogens with zero attached hydrogens (tertiary/aromatic N) is 3. The molecule has 3 rings (SSSR count). The van der Waals surface area contributed by atoms with Crippen molar-refractivity contribution in [3.8, 4) is 0 Å². The molecule has 3 amide bonds. The summed E-state index contributed by atoms with van der Waals surface area (Å²) in [5.41, 5.74) is 1.58. The lowest BCUT2D eigenvalue weighted by Gasteiger charge is -2.27. The molecule has 0 radical (unpaired) electrons. The van der Waals surface area contributed by atoms with Crippen molar-refractivity contribution in [2.24, 2.45) is 0 Å². The molecule has 2 heterocycles. The molecular formula is C27H34N4O5S2. The van der Waals surface area contributed by atoms with Crippen LogP contribution in [0.5, 0.6) is 0 Å². The summed E-state index contributed by atoms with van der Waals surface area (Å²) in [6.45, 7) is 14.7. The number of benzene rings is 1. The highest BCUT2D eigenvalue weighted by molar-refractivity contribution is 7.89. The van der Waals surface area contributed by atoms with Gasteiger partial charge in [-0.1, -0.05) is 12.2 Å². The van der Waals surface area contributed by atoms with Crippen LogP contribution < -0.4 is 5.32 Å². The molecule has 1 aliphatic heterocycles. The average Bonchev–Trinajstić information content (AvgIpc) is 3.26. The molecule has 9 nitrogen and oxygen atoms in total. The minimum atomic E-state index is -3.80. The molecule has 0 fully saturated rings. The monoisotopic (exact) mass is 558 g/mol.